The molecule has 2 aromatic rings. The minimum absolute atomic E-state index is 0.177. The summed E-state index contributed by atoms with van der Waals surface area (Å²) in [4.78, 5) is 25.4. The molecule has 0 N–H and O–H groups in total. The van der Waals surface area contributed by atoms with Crippen LogP contribution in [0.25, 0.3) is 0 Å². The molecule has 3 atom stereocenters. The Morgan fingerprint density at radius 2 is 1.67 bits per heavy atom. The molecular formula is C20H17NO3. The van der Waals surface area contributed by atoms with E-state index in [0.717, 1.165) is 5.56 Å². The maximum absolute atomic E-state index is 12.9. The zero-order valence-electron chi connectivity index (χ0n) is 13.3. The van der Waals surface area contributed by atoms with E-state index in [2.05, 4.69) is 6.07 Å². The predicted octanol–water partition coefficient (Wildman–Crippen LogP) is 3.36. The number of Topliss-reactive ketones (excluding diaryl/α,β-unsaturated/α-hetero) is 1. The fourth-order valence-electron chi connectivity index (χ4n) is 3.33. The third-order valence-electron chi connectivity index (χ3n) is 4.50. The van der Waals surface area contributed by atoms with Gasteiger partial charge in [0.15, 0.2) is 11.2 Å². The van der Waals surface area contributed by atoms with Crippen LogP contribution >= 0.6 is 0 Å². The van der Waals surface area contributed by atoms with Crippen molar-refractivity contribution in [2.75, 3.05) is 6.61 Å². The second-order valence-corrected chi connectivity index (χ2v) is 5.80. The third kappa shape index (κ3) is 2.39. The molecule has 0 radical (unpaired) electrons. The van der Waals surface area contributed by atoms with Crippen molar-refractivity contribution in [1.82, 2.24) is 0 Å². The van der Waals surface area contributed by atoms with Gasteiger partial charge in [0.2, 0.25) is 0 Å². The zero-order valence-corrected chi connectivity index (χ0v) is 13.3. The summed E-state index contributed by atoms with van der Waals surface area (Å²) in [6.07, 6.45) is 0. The van der Waals surface area contributed by atoms with E-state index in [-0.39, 0.29) is 12.4 Å². The van der Waals surface area contributed by atoms with Crippen LogP contribution in [-0.4, -0.2) is 18.4 Å². The Kier molecular flexibility index (Phi) is 4.18. The van der Waals surface area contributed by atoms with E-state index in [0.29, 0.717) is 5.56 Å². The molecule has 1 saturated carbocycles. The predicted molar refractivity (Wildman–Crippen MR) is 88.1 cm³/mol. The Morgan fingerprint density at radius 3 is 2.21 bits per heavy atom. The van der Waals surface area contributed by atoms with Crippen molar-refractivity contribution in [2.45, 2.75) is 12.8 Å². The Morgan fingerprint density at radius 1 is 1.08 bits per heavy atom. The summed E-state index contributed by atoms with van der Waals surface area (Å²) in [5.74, 6) is -2.00. The van der Waals surface area contributed by atoms with Gasteiger partial charge in [-0.3, -0.25) is 9.59 Å². The third-order valence-corrected chi connectivity index (χ3v) is 4.50. The number of hydrogen-bond donors (Lipinski definition) is 0. The lowest BCUT2D eigenvalue weighted by Crippen LogP contribution is -2.23. The van der Waals surface area contributed by atoms with Crippen LogP contribution < -0.4 is 0 Å². The Bertz CT molecular complexity index is 795. The molecule has 0 aromatic heterocycles. The molecule has 120 valence electrons. The van der Waals surface area contributed by atoms with Crippen LogP contribution in [0, 0.1) is 22.7 Å². The van der Waals surface area contributed by atoms with Crippen molar-refractivity contribution in [3.8, 4) is 6.07 Å². The van der Waals surface area contributed by atoms with Gasteiger partial charge in [0.1, 0.15) is 0 Å². The standard InChI is InChI=1S/C20H17NO3/c1-2-24-19(23)20(13-21)16(14-9-5-3-6-10-14)17(20)18(22)15-11-7-4-8-12-15/h3-12,16-17H,2H2,1H3/t16-,17+,20+/m1/s1. The van der Waals surface area contributed by atoms with Gasteiger partial charge in [0.05, 0.1) is 18.6 Å². The van der Waals surface area contributed by atoms with Crippen molar-refractivity contribution < 1.29 is 14.3 Å². The van der Waals surface area contributed by atoms with Gasteiger partial charge in [-0.05, 0) is 12.5 Å². The molecule has 2 aromatic carbocycles. The van der Waals surface area contributed by atoms with Crippen LogP contribution in [0.4, 0.5) is 0 Å². The Balaban J connectivity index is 2.03. The number of ketones is 1. The molecule has 0 aliphatic heterocycles. The highest BCUT2D eigenvalue weighted by atomic mass is 16.5. The van der Waals surface area contributed by atoms with Crippen molar-refractivity contribution in [2.24, 2.45) is 11.3 Å². The van der Waals surface area contributed by atoms with Gasteiger partial charge in [0.25, 0.3) is 0 Å². The number of esters is 1. The van der Waals surface area contributed by atoms with Crippen LogP contribution in [0.3, 0.4) is 0 Å². The molecule has 4 nitrogen and oxygen atoms in total. The number of carbonyl (C=O) groups is 2. The van der Waals surface area contributed by atoms with Crippen molar-refractivity contribution in [3.63, 3.8) is 0 Å². The topological polar surface area (TPSA) is 67.2 Å². The molecule has 4 heteroatoms. The number of nitrogens with zero attached hydrogens (tertiary/aromatic N) is 1. The smallest absolute Gasteiger partial charge is 0.327 e. The zero-order chi connectivity index (χ0) is 17.2. The van der Waals surface area contributed by atoms with E-state index < -0.39 is 23.2 Å². The summed E-state index contributed by atoms with van der Waals surface area (Å²) in [5, 5.41) is 9.75. The summed E-state index contributed by atoms with van der Waals surface area (Å²) < 4.78 is 5.11. The lowest BCUT2D eigenvalue weighted by atomic mass is 9.99. The molecule has 1 aliphatic rings. The number of hydrogen-bond acceptors (Lipinski definition) is 4. The van der Waals surface area contributed by atoms with Crippen molar-refractivity contribution in [1.29, 1.82) is 5.26 Å². The first-order chi connectivity index (χ1) is 11.7. The molecule has 0 spiro atoms. The van der Waals surface area contributed by atoms with Gasteiger partial charge in [-0.1, -0.05) is 60.7 Å². The summed E-state index contributed by atoms with van der Waals surface area (Å²) in [6, 6.07) is 20.1. The molecule has 1 aliphatic carbocycles. The highest BCUT2D eigenvalue weighted by Gasteiger charge is 2.75. The van der Waals surface area contributed by atoms with E-state index in [4.69, 9.17) is 4.74 Å². The molecule has 0 heterocycles. The van der Waals surface area contributed by atoms with E-state index in [1.54, 1.807) is 31.2 Å². The fourth-order valence-corrected chi connectivity index (χ4v) is 3.33. The summed E-state index contributed by atoms with van der Waals surface area (Å²) in [5.41, 5.74) is -0.129. The van der Waals surface area contributed by atoms with Crippen LogP contribution in [-0.2, 0) is 9.53 Å². The number of carbonyl (C=O) groups excluding carboxylic acids is 2. The normalized spacial score (nSPS) is 24.7. The van der Waals surface area contributed by atoms with Crippen LogP contribution in [0.2, 0.25) is 0 Å². The highest BCUT2D eigenvalue weighted by Crippen LogP contribution is 2.66. The minimum Gasteiger partial charge on any atom is -0.465 e. The molecule has 0 unspecified atom stereocenters. The molecule has 24 heavy (non-hydrogen) atoms. The Labute approximate surface area is 140 Å². The monoisotopic (exact) mass is 319 g/mol. The lowest BCUT2D eigenvalue weighted by molar-refractivity contribution is -0.147. The number of rotatable bonds is 5. The van der Waals surface area contributed by atoms with Crippen LogP contribution in [0.1, 0.15) is 28.8 Å². The molecule has 3 rings (SSSR count). The fraction of sp³-hybridized carbons (Fsp3) is 0.250. The summed E-state index contributed by atoms with van der Waals surface area (Å²) in [6.45, 7) is 1.87. The molecule has 1 fully saturated rings. The van der Waals surface area contributed by atoms with Crippen molar-refractivity contribution >= 4 is 11.8 Å². The van der Waals surface area contributed by atoms with Gasteiger partial charge in [0, 0.05) is 11.5 Å². The number of benzene rings is 2. The highest BCUT2D eigenvalue weighted by molar-refractivity contribution is 6.07. The number of nitriles is 1. The van der Waals surface area contributed by atoms with E-state index in [1.165, 1.54) is 0 Å². The van der Waals surface area contributed by atoms with Gasteiger partial charge in [-0.15, -0.1) is 0 Å². The maximum Gasteiger partial charge on any atom is 0.327 e. The van der Waals surface area contributed by atoms with Crippen LogP contribution in [0.15, 0.2) is 60.7 Å². The van der Waals surface area contributed by atoms with Gasteiger partial charge < -0.3 is 4.74 Å². The Hall–Kier alpha value is -2.93. The first-order valence-corrected chi connectivity index (χ1v) is 7.89. The average Bonchev–Trinajstić information content (AvgIpc) is 3.33. The van der Waals surface area contributed by atoms with Crippen LogP contribution in [0.5, 0.6) is 0 Å². The summed E-state index contributed by atoms with van der Waals surface area (Å²) in [7, 11) is 0. The van der Waals surface area contributed by atoms with Gasteiger partial charge in [-0.2, -0.15) is 5.26 Å². The second-order valence-electron chi connectivity index (χ2n) is 5.80. The first-order valence-electron chi connectivity index (χ1n) is 7.89. The second kappa shape index (κ2) is 6.29. The van der Waals surface area contributed by atoms with Crippen molar-refractivity contribution in [3.05, 3.63) is 71.8 Å². The van der Waals surface area contributed by atoms with E-state index in [1.807, 2.05) is 36.4 Å². The van der Waals surface area contributed by atoms with E-state index in [9.17, 15) is 14.9 Å². The SMILES string of the molecule is CCOC(=O)[C@]1(C#N)[C@H](C(=O)c2ccccc2)[C@H]1c1ccccc1. The number of ether oxygens (including phenoxy) is 1. The minimum atomic E-state index is -1.44. The van der Waals surface area contributed by atoms with Gasteiger partial charge in [-0.25, -0.2) is 0 Å². The average molecular weight is 319 g/mol. The molecule has 0 amide bonds. The maximum atomic E-state index is 12.9. The first kappa shape index (κ1) is 15.9. The van der Waals surface area contributed by atoms with E-state index >= 15 is 0 Å². The quantitative estimate of drug-likeness (QED) is 0.626. The lowest BCUT2D eigenvalue weighted by Gasteiger charge is -2.08. The molecular weight excluding hydrogens is 302 g/mol. The van der Waals surface area contributed by atoms with Gasteiger partial charge >= 0.3 is 5.97 Å². The summed E-state index contributed by atoms with van der Waals surface area (Å²) >= 11 is 0. The largest absolute Gasteiger partial charge is 0.465 e. The molecule has 0 saturated heterocycles. The molecule has 0 bridgehead atoms.